The summed E-state index contributed by atoms with van der Waals surface area (Å²) in [7, 11) is -3.33. The van der Waals surface area contributed by atoms with E-state index < -0.39 is 13.1 Å². The Kier molecular flexibility index (Phi) is 3.88. The van der Waals surface area contributed by atoms with Gasteiger partial charge in [-0.25, -0.2) is 8.42 Å². The maximum atomic E-state index is 11.8. The lowest BCUT2D eigenvalue weighted by Gasteiger charge is -2.07. The van der Waals surface area contributed by atoms with Gasteiger partial charge in [0.2, 0.25) is 0 Å². The highest BCUT2D eigenvalue weighted by Crippen LogP contribution is 2.16. The van der Waals surface area contributed by atoms with Gasteiger partial charge < -0.3 is 0 Å². The summed E-state index contributed by atoms with van der Waals surface area (Å²) in [5.41, 5.74) is 1.39. The highest BCUT2D eigenvalue weighted by atomic mass is 127. The number of rotatable bonds is 3. The van der Waals surface area contributed by atoms with Crippen LogP contribution < -0.4 is 0 Å². The average Bonchev–Trinajstić information content (AvgIpc) is 2.14. The van der Waals surface area contributed by atoms with Crippen molar-refractivity contribution in [2.45, 2.75) is 10.2 Å². The second-order valence-electron chi connectivity index (χ2n) is 3.38. The SMILES string of the molecule is Cc1cccc(C(=O)C(I)S(C)(=O)=O)c1. The first kappa shape index (κ1) is 12.6. The van der Waals surface area contributed by atoms with Crippen LogP contribution >= 0.6 is 22.6 Å². The van der Waals surface area contributed by atoms with E-state index in [2.05, 4.69) is 0 Å². The number of benzene rings is 1. The van der Waals surface area contributed by atoms with E-state index in [9.17, 15) is 13.2 Å². The van der Waals surface area contributed by atoms with Gasteiger partial charge in [0.15, 0.2) is 18.9 Å². The largest absolute Gasteiger partial charge is 0.292 e. The molecule has 0 aliphatic carbocycles. The Hall–Kier alpha value is -0.430. The van der Waals surface area contributed by atoms with E-state index >= 15 is 0 Å². The third kappa shape index (κ3) is 3.27. The number of hydrogen-bond donors (Lipinski definition) is 0. The predicted octanol–water partition coefficient (Wildman–Crippen LogP) is 1.98. The number of hydrogen-bond acceptors (Lipinski definition) is 3. The molecule has 0 aliphatic heterocycles. The van der Waals surface area contributed by atoms with Gasteiger partial charge in [-0.1, -0.05) is 46.4 Å². The molecule has 0 saturated heterocycles. The molecule has 0 heterocycles. The minimum absolute atomic E-state index is 0.359. The molecule has 1 rings (SSSR count). The summed E-state index contributed by atoms with van der Waals surface area (Å²) in [6.07, 6.45) is 1.07. The number of carbonyl (C=O) groups is 1. The predicted molar refractivity (Wildman–Crippen MR) is 68.2 cm³/mol. The van der Waals surface area contributed by atoms with Crippen LogP contribution in [-0.4, -0.2) is 23.7 Å². The Balaban J connectivity index is 3.06. The number of Topliss-reactive ketones (excluding diaryl/α,β-unsaturated/α-hetero) is 1. The maximum absolute atomic E-state index is 11.8. The Morgan fingerprint density at radius 1 is 1.40 bits per heavy atom. The lowest BCUT2D eigenvalue weighted by atomic mass is 10.1. The van der Waals surface area contributed by atoms with Crippen molar-refractivity contribution in [3.8, 4) is 0 Å². The summed E-state index contributed by atoms with van der Waals surface area (Å²) in [5.74, 6) is -0.359. The van der Waals surface area contributed by atoms with Crippen LogP contribution in [0.1, 0.15) is 15.9 Å². The number of aryl methyl sites for hydroxylation is 1. The molecule has 1 unspecified atom stereocenters. The van der Waals surface area contributed by atoms with Crippen LogP contribution in [0.15, 0.2) is 24.3 Å². The van der Waals surface area contributed by atoms with E-state index in [1.54, 1.807) is 40.8 Å². The van der Waals surface area contributed by atoms with Crippen LogP contribution in [0.25, 0.3) is 0 Å². The summed E-state index contributed by atoms with van der Waals surface area (Å²) in [5, 5.41) is 0. The standard InChI is InChI=1S/C10H11IO3S/c1-7-4-3-5-8(6-7)9(12)10(11)15(2,13)14/h3-6,10H,1-2H3. The molecule has 1 aromatic rings. The maximum Gasteiger partial charge on any atom is 0.190 e. The number of ketones is 1. The van der Waals surface area contributed by atoms with Crippen LogP contribution in [0.3, 0.4) is 0 Å². The van der Waals surface area contributed by atoms with Gasteiger partial charge >= 0.3 is 0 Å². The molecule has 82 valence electrons. The molecular weight excluding hydrogens is 327 g/mol. The molecule has 0 amide bonds. The van der Waals surface area contributed by atoms with Gasteiger partial charge in [-0.05, 0) is 13.0 Å². The molecule has 1 atom stereocenters. The number of carbonyl (C=O) groups excluding carboxylic acids is 1. The molecule has 0 saturated carbocycles. The molecule has 5 heteroatoms. The quantitative estimate of drug-likeness (QED) is 0.481. The molecular formula is C10H11IO3S. The van der Waals surface area contributed by atoms with Crippen molar-refractivity contribution in [1.29, 1.82) is 0 Å². The summed E-state index contributed by atoms with van der Waals surface area (Å²) in [4.78, 5) is 11.8. The van der Waals surface area contributed by atoms with Crippen molar-refractivity contribution >= 4 is 38.2 Å². The first-order valence-electron chi connectivity index (χ1n) is 4.26. The highest BCUT2D eigenvalue weighted by Gasteiger charge is 2.26. The Morgan fingerprint density at radius 3 is 2.47 bits per heavy atom. The van der Waals surface area contributed by atoms with Gasteiger partial charge in [0.1, 0.15) is 0 Å². The molecule has 0 radical (unpaired) electrons. The number of halogens is 1. The molecule has 0 bridgehead atoms. The zero-order valence-electron chi connectivity index (χ0n) is 8.40. The second-order valence-corrected chi connectivity index (χ2v) is 7.60. The smallest absolute Gasteiger partial charge is 0.190 e. The van der Waals surface area contributed by atoms with Crippen LogP contribution in [-0.2, 0) is 9.84 Å². The van der Waals surface area contributed by atoms with E-state index in [-0.39, 0.29) is 5.78 Å². The molecule has 0 aromatic heterocycles. The average molecular weight is 338 g/mol. The molecule has 0 aliphatic rings. The molecule has 0 spiro atoms. The van der Waals surface area contributed by atoms with E-state index in [0.29, 0.717) is 5.56 Å². The molecule has 3 nitrogen and oxygen atoms in total. The lowest BCUT2D eigenvalue weighted by molar-refractivity contribution is 0.101. The fourth-order valence-electron chi connectivity index (χ4n) is 1.12. The van der Waals surface area contributed by atoms with Gasteiger partial charge in [0, 0.05) is 11.8 Å². The van der Waals surface area contributed by atoms with Gasteiger partial charge in [-0.15, -0.1) is 0 Å². The third-order valence-electron chi connectivity index (χ3n) is 1.88. The van der Waals surface area contributed by atoms with E-state index in [4.69, 9.17) is 0 Å². The Morgan fingerprint density at radius 2 is 2.00 bits per heavy atom. The van der Waals surface area contributed by atoms with Crippen LogP contribution in [0, 0.1) is 6.92 Å². The van der Waals surface area contributed by atoms with Gasteiger partial charge in [-0.3, -0.25) is 4.79 Å². The van der Waals surface area contributed by atoms with Crippen LogP contribution in [0.5, 0.6) is 0 Å². The van der Waals surface area contributed by atoms with Crippen molar-refractivity contribution in [2.24, 2.45) is 0 Å². The Bertz CT molecular complexity index is 479. The topological polar surface area (TPSA) is 51.2 Å². The van der Waals surface area contributed by atoms with Crippen molar-refractivity contribution in [3.05, 3.63) is 35.4 Å². The monoisotopic (exact) mass is 338 g/mol. The van der Waals surface area contributed by atoms with E-state index in [1.165, 1.54) is 0 Å². The first-order chi connectivity index (χ1) is 6.82. The molecule has 1 aromatic carbocycles. The second kappa shape index (κ2) is 4.61. The summed E-state index contributed by atoms with van der Waals surface area (Å²) >= 11 is 1.65. The number of sulfone groups is 1. The minimum Gasteiger partial charge on any atom is -0.292 e. The van der Waals surface area contributed by atoms with Gasteiger partial charge in [0.25, 0.3) is 0 Å². The fourth-order valence-corrected chi connectivity index (χ4v) is 2.01. The summed E-state index contributed by atoms with van der Waals surface area (Å²) in [6, 6.07) is 6.93. The van der Waals surface area contributed by atoms with Crippen molar-refractivity contribution in [1.82, 2.24) is 0 Å². The lowest BCUT2D eigenvalue weighted by Crippen LogP contribution is -2.23. The summed E-state index contributed by atoms with van der Waals surface area (Å²) < 4.78 is 21.4. The van der Waals surface area contributed by atoms with Crippen molar-refractivity contribution < 1.29 is 13.2 Å². The van der Waals surface area contributed by atoms with E-state index in [0.717, 1.165) is 11.8 Å². The molecule has 15 heavy (non-hydrogen) atoms. The van der Waals surface area contributed by atoms with Gasteiger partial charge in [-0.2, -0.15) is 0 Å². The van der Waals surface area contributed by atoms with Crippen molar-refractivity contribution in [2.75, 3.05) is 6.26 Å². The van der Waals surface area contributed by atoms with Gasteiger partial charge in [0.05, 0.1) is 0 Å². The number of alkyl halides is 1. The minimum atomic E-state index is -3.33. The van der Waals surface area contributed by atoms with Crippen LogP contribution in [0.4, 0.5) is 0 Å². The van der Waals surface area contributed by atoms with E-state index in [1.807, 2.05) is 13.0 Å². The highest BCUT2D eigenvalue weighted by molar-refractivity contribution is 14.1. The third-order valence-corrected chi connectivity index (χ3v) is 6.19. The van der Waals surface area contributed by atoms with Crippen molar-refractivity contribution in [3.63, 3.8) is 0 Å². The Labute approximate surface area is 103 Å². The zero-order valence-corrected chi connectivity index (χ0v) is 11.4. The zero-order chi connectivity index (χ0) is 11.6. The normalized spacial score (nSPS) is 13.5. The molecule has 0 fully saturated rings. The fraction of sp³-hybridized carbons (Fsp3) is 0.300. The first-order valence-corrected chi connectivity index (χ1v) is 7.46. The van der Waals surface area contributed by atoms with Crippen LogP contribution in [0.2, 0.25) is 0 Å². The summed E-state index contributed by atoms with van der Waals surface area (Å²) in [6.45, 7) is 1.86. The molecule has 0 N–H and O–H groups in total.